The summed E-state index contributed by atoms with van der Waals surface area (Å²) in [5.41, 5.74) is 3.67. The zero-order valence-corrected chi connectivity index (χ0v) is 9.95. The molecule has 0 unspecified atom stereocenters. The summed E-state index contributed by atoms with van der Waals surface area (Å²) in [5.74, 6) is 0. The summed E-state index contributed by atoms with van der Waals surface area (Å²) in [4.78, 5) is 4.91. The van der Waals surface area contributed by atoms with Crippen molar-refractivity contribution in [3.05, 3.63) is 40.2 Å². The van der Waals surface area contributed by atoms with Crippen LogP contribution in [0, 0.1) is 0 Å². The Bertz CT molecular complexity index is 423. The van der Waals surface area contributed by atoms with Crippen LogP contribution in [-0.2, 0) is 6.42 Å². The Morgan fingerprint density at radius 1 is 1.53 bits per heavy atom. The first-order valence-electron chi connectivity index (χ1n) is 4.74. The van der Waals surface area contributed by atoms with E-state index in [1.54, 1.807) is 12.3 Å². The molecule has 2 rings (SSSR count). The smallest absolute Gasteiger partial charge is 0.129 e. The van der Waals surface area contributed by atoms with Gasteiger partial charge in [0.25, 0.3) is 0 Å². The first-order chi connectivity index (χ1) is 7.16. The zero-order chi connectivity index (χ0) is 10.8. The first kappa shape index (κ1) is 10.6. The Hall–Kier alpha value is -0.930. The van der Waals surface area contributed by atoms with Crippen LogP contribution in [0.5, 0.6) is 0 Å². The molecule has 1 N–H and O–H groups in total. The molecule has 0 spiro atoms. The molecule has 0 radical (unpaired) electrons. The topological polar surface area (TPSA) is 24.9 Å². The molecule has 15 heavy (non-hydrogen) atoms. The van der Waals surface area contributed by atoms with E-state index in [1.807, 2.05) is 6.07 Å². The van der Waals surface area contributed by atoms with Crippen LogP contribution in [0.4, 0.5) is 0 Å². The second-order valence-corrected chi connectivity index (χ2v) is 4.40. The summed E-state index contributed by atoms with van der Waals surface area (Å²) >= 11 is 11.0. The number of aromatic nitrogens is 1. The predicted octanol–water partition coefficient (Wildman–Crippen LogP) is 2.52. The fraction of sp³-hybridized carbons (Fsp3) is 0.273. The van der Waals surface area contributed by atoms with E-state index in [9.17, 15) is 0 Å². The van der Waals surface area contributed by atoms with Crippen molar-refractivity contribution in [1.29, 1.82) is 0 Å². The SMILES string of the molecule is CC1=C(Cc2ccc(Cl)nc2)C(=S)NC1. The molecule has 2 heterocycles. The highest BCUT2D eigenvalue weighted by molar-refractivity contribution is 7.80. The van der Waals surface area contributed by atoms with E-state index in [2.05, 4.69) is 17.2 Å². The van der Waals surface area contributed by atoms with Crippen LogP contribution in [0.1, 0.15) is 12.5 Å². The fourth-order valence-corrected chi connectivity index (χ4v) is 2.00. The molecule has 0 aromatic carbocycles. The lowest BCUT2D eigenvalue weighted by molar-refractivity contribution is 1.04. The van der Waals surface area contributed by atoms with Gasteiger partial charge in [-0.1, -0.05) is 29.9 Å². The van der Waals surface area contributed by atoms with Crippen molar-refractivity contribution in [3.63, 3.8) is 0 Å². The number of halogens is 1. The minimum atomic E-state index is 0.525. The van der Waals surface area contributed by atoms with Crippen molar-refractivity contribution in [2.45, 2.75) is 13.3 Å². The van der Waals surface area contributed by atoms with Crippen LogP contribution < -0.4 is 5.32 Å². The van der Waals surface area contributed by atoms with Gasteiger partial charge in [0.15, 0.2) is 0 Å². The third kappa shape index (κ3) is 2.36. The van der Waals surface area contributed by atoms with Gasteiger partial charge in [0.2, 0.25) is 0 Å². The summed E-state index contributed by atoms with van der Waals surface area (Å²) in [6, 6.07) is 3.79. The molecule has 4 heteroatoms. The third-order valence-corrected chi connectivity index (χ3v) is 3.09. The molecule has 0 fully saturated rings. The van der Waals surface area contributed by atoms with Crippen molar-refractivity contribution in [2.75, 3.05) is 6.54 Å². The highest BCUT2D eigenvalue weighted by atomic mass is 35.5. The molecule has 0 amide bonds. The Morgan fingerprint density at radius 2 is 2.33 bits per heavy atom. The van der Waals surface area contributed by atoms with E-state index < -0.39 is 0 Å². The number of hydrogen-bond acceptors (Lipinski definition) is 2. The molecule has 78 valence electrons. The third-order valence-electron chi connectivity index (χ3n) is 2.47. The minimum Gasteiger partial charge on any atom is -0.372 e. The molecule has 0 saturated heterocycles. The van der Waals surface area contributed by atoms with Gasteiger partial charge in [-0.05, 0) is 29.7 Å². The lowest BCUT2D eigenvalue weighted by Crippen LogP contribution is -2.16. The van der Waals surface area contributed by atoms with Crippen LogP contribution in [0.15, 0.2) is 29.5 Å². The van der Waals surface area contributed by atoms with Gasteiger partial charge in [0.05, 0.1) is 0 Å². The van der Waals surface area contributed by atoms with Gasteiger partial charge >= 0.3 is 0 Å². The number of rotatable bonds is 2. The Kier molecular flexibility index (Phi) is 3.03. The molecule has 1 aromatic rings. The maximum Gasteiger partial charge on any atom is 0.129 e. The van der Waals surface area contributed by atoms with E-state index in [0.29, 0.717) is 5.15 Å². The van der Waals surface area contributed by atoms with E-state index in [1.165, 1.54) is 11.1 Å². The predicted molar refractivity (Wildman–Crippen MR) is 66.3 cm³/mol. The average Bonchev–Trinajstić information content (AvgIpc) is 2.53. The van der Waals surface area contributed by atoms with E-state index in [0.717, 1.165) is 23.5 Å². The van der Waals surface area contributed by atoms with Crippen molar-refractivity contribution >= 4 is 28.8 Å². The van der Waals surface area contributed by atoms with E-state index in [-0.39, 0.29) is 0 Å². The number of thiocarbonyl (C=S) groups is 1. The number of pyridine rings is 1. The van der Waals surface area contributed by atoms with Gasteiger partial charge < -0.3 is 5.32 Å². The minimum absolute atomic E-state index is 0.525. The van der Waals surface area contributed by atoms with Gasteiger partial charge in [0, 0.05) is 19.2 Å². The molecule has 0 atom stereocenters. The van der Waals surface area contributed by atoms with Gasteiger partial charge in [-0.15, -0.1) is 0 Å². The molecule has 0 saturated carbocycles. The number of nitrogens with one attached hydrogen (secondary N) is 1. The largest absolute Gasteiger partial charge is 0.372 e. The van der Waals surface area contributed by atoms with Gasteiger partial charge in [-0.2, -0.15) is 0 Å². The van der Waals surface area contributed by atoms with Crippen LogP contribution in [0.25, 0.3) is 0 Å². The summed E-state index contributed by atoms with van der Waals surface area (Å²) in [7, 11) is 0. The van der Waals surface area contributed by atoms with Crippen molar-refractivity contribution in [1.82, 2.24) is 10.3 Å². The monoisotopic (exact) mass is 238 g/mol. The molecule has 1 aromatic heterocycles. The zero-order valence-electron chi connectivity index (χ0n) is 8.38. The second-order valence-electron chi connectivity index (χ2n) is 3.61. The molecular formula is C11H11ClN2S. The van der Waals surface area contributed by atoms with Crippen molar-refractivity contribution in [2.24, 2.45) is 0 Å². The Balaban J connectivity index is 2.19. The molecule has 0 aliphatic carbocycles. The van der Waals surface area contributed by atoms with Crippen LogP contribution in [-0.4, -0.2) is 16.5 Å². The summed E-state index contributed by atoms with van der Waals surface area (Å²) < 4.78 is 0. The van der Waals surface area contributed by atoms with Gasteiger partial charge in [-0.3, -0.25) is 0 Å². The first-order valence-corrected chi connectivity index (χ1v) is 5.52. The second kappa shape index (κ2) is 4.29. The lowest BCUT2D eigenvalue weighted by Gasteiger charge is -2.03. The van der Waals surface area contributed by atoms with Crippen LogP contribution >= 0.6 is 23.8 Å². The van der Waals surface area contributed by atoms with Crippen LogP contribution in [0.3, 0.4) is 0 Å². The van der Waals surface area contributed by atoms with Crippen molar-refractivity contribution < 1.29 is 0 Å². The van der Waals surface area contributed by atoms with Crippen LogP contribution in [0.2, 0.25) is 5.15 Å². The molecule has 0 bridgehead atoms. The number of nitrogens with zero attached hydrogens (tertiary/aromatic N) is 1. The fourth-order valence-electron chi connectivity index (χ4n) is 1.57. The Morgan fingerprint density at radius 3 is 2.87 bits per heavy atom. The summed E-state index contributed by atoms with van der Waals surface area (Å²) in [6.45, 7) is 2.97. The highest BCUT2D eigenvalue weighted by Crippen LogP contribution is 2.17. The standard InChI is InChI=1S/C11H11ClN2S/c1-7-5-14-11(15)9(7)4-8-2-3-10(12)13-6-8/h2-3,6H,4-5H2,1H3,(H,14,15). The van der Waals surface area contributed by atoms with E-state index in [4.69, 9.17) is 23.8 Å². The molecular weight excluding hydrogens is 228 g/mol. The molecule has 2 nitrogen and oxygen atoms in total. The van der Waals surface area contributed by atoms with Gasteiger partial charge in [-0.25, -0.2) is 4.98 Å². The Labute approximate surface area is 99.4 Å². The average molecular weight is 239 g/mol. The quantitative estimate of drug-likeness (QED) is 0.633. The number of hydrogen-bond donors (Lipinski definition) is 1. The summed E-state index contributed by atoms with van der Waals surface area (Å²) in [5, 5.41) is 3.69. The molecule has 1 aliphatic rings. The maximum absolute atomic E-state index is 5.72. The molecule has 1 aliphatic heterocycles. The normalized spacial score (nSPS) is 15.7. The van der Waals surface area contributed by atoms with Gasteiger partial charge in [0.1, 0.15) is 10.1 Å². The maximum atomic E-state index is 5.72. The van der Waals surface area contributed by atoms with E-state index >= 15 is 0 Å². The summed E-state index contributed by atoms with van der Waals surface area (Å²) in [6.07, 6.45) is 2.63. The highest BCUT2D eigenvalue weighted by Gasteiger charge is 2.15. The van der Waals surface area contributed by atoms with Crippen molar-refractivity contribution in [3.8, 4) is 0 Å². The lowest BCUT2D eigenvalue weighted by atomic mass is 10.0.